The molecule has 0 spiro atoms. The van der Waals surface area contributed by atoms with Gasteiger partial charge in [0, 0.05) is 37.1 Å². The van der Waals surface area contributed by atoms with Gasteiger partial charge in [-0.25, -0.2) is 15.0 Å². The van der Waals surface area contributed by atoms with Crippen molar-refractivity contribution in [1.29, 1.82) is 5.41 Å². The van der Waals surface area contributed by atoms with Gasteiger partial charge in [0.15, 0.2) is 0 Å². The Balaban J connectivity index is 1.84. The van der Waals surface area contributed by atoms with Gasteiger partial charge >= 0.3 is 0 Å². The molecule has 9 heteroatoms. The molecule has 0 aromatic carbocycles. The summed E-state index contributed by atoms with van der Waals surface area (Å²) in [5.74, 6) is 0.175. The van der Waals surface area contributed by atoms with E-state index in [9.17, 15) is 4.39 Å². The summed E-state index contributed by atoms with van der Waals surface area (Å²) in [6, 6.07) is 3.33. The Kier molecular flexibility index (Phi) is 5.60. The van der Waals surface area contributed by atoms with Crippen molar-refractivity contribution < 1.29 is 9.13 Å². The number of hydrogen-bond acceptors (Lipinski definition) is 7. The minimum Gasteiger partial charge on any atom is -0.480 e. The van der Waals surface area contributed by atoms with E-state index >= 15 is 0 Å². The molecular formula is C18H20FN7O. The fourth-order valence-electron chi connectivity index (χ4n) is 2.63. The van der Waals surface area contributed by atoms with Gasteiger partial charge in [0.25, 0.3) is 0 Å². The highest BCUT2D eigenvalue weighted by Crippen LogP contribution is 2.27. The Labute approximate surface area is 155 Å². The minimum absolute atomic E-state index is 0.313. The van der Waals surface area contributed by atoms with Crippen molar-refractivity contribution in [3.05, 3.63) is 53.6 Å². The van der Waals surface area contributed by atoms with Crippen molar-refractivity contribution >= 4 is 23.1 Å². The van der Waals surface area contributed by atoms with E-state index in [0.717, 1.165) is 23.7 Å². The summed E-state index contributed by atoms with van der Waals surface area (Å²) in [5, 5.41) is 14.0. The lowest BCUT2D eigenvalue weighted by molar-refractivity contribution is 0.402. The first-order chi connectivity index (χ1) is 13.2. The van der Waals surface area contributed by atoms with Crippen molar-refractivity contribution in [3.8, 4) is 5.88 Å². The number of halogens is 1. The number of hydrogen-bond donors (Lipinski definition) is 4. The average Bonchev–Trinajstić information content (AvgIpc) is 3.10. The van der Waals surface area contributed by atoms with Crippen LogP contribution >= 0.6 is 0 Å². The third kappa shape index (κ3) is 4.02. The maximum Gasteiger partial charge on any atom is 0.226 e. The molecule has 8 nitrogen and oxygen atoms in total. The maximum atomic E-state index is 14.5. The topological polar surface area (TPSA) is 112 Å². The first-order valence-electron chi connectivity index (χ1n) is 8.37. The second kappa shape index (κ2) is 8.26. The van der Waals surface area contributed by atoms with Crippen LogP contribution in [0.25, 0.3) is 11.0 Å². The number of ether oxygens (including phenoxy) is 1. The van der Waals surface area contributed by atoms with Crippen LogP contribution in [0.15, 0.2) is 36.6 Å². The van der Waals surface area contributed by atoms with E-state index in [0.29, 0.717) is 35.0 Å². The van der Waals surface area contributed by atoms with Crippen LogP contribution in [-0.2, 0) is 6.42 Å². The van der Waals surface area contributed by atoms with Crippen LogP contribution in [0.3, 0.4) is 0 Å². The van der Waals surface area contributed by atoms with Crippen LogP contribution in [0.1, 0.15) is 18.1 Å². The summed E-state index contributed by atoms with van der Waals surface area (Å²) in [7, 11) is 1.53. The van der Waals surface area contributed by atoms with Gasteiger partial charge in [-0.15, -0.1) is 0 Å². The molecule has 0 atom stereocenters. The zero-order chi connectivity index (χ0) is 19.2. The summed E-state index contributed by atoms with van der Waals surface area (Å²) < 4.78 is 19.8. The van der Waals surface area contributed by atoms with Crippen molar-refractivity contribution in [2.24, 2.45) is 0 Å². The fourth-order valence-corrected chi connectivity index (χ4v) is 2.63. The Bertz CT molecular complexity index is 983. The van der Waals surface area contributed by atoms with Crippen LogP contribution in [0.5, 0.6) is 5.88 Å². The number of aromatic amines is 1. The van der Waals surface area contributed by atoms with E-state index in [4.69, 9.17) is 10.1 Å². The van der Waals surface area contributed by atoms with Crippen molar-refractivity contribution in [3.63, 3.8) is 0 Å². The van der Waals surface area contributed by atoms with Gasteiger partial charge in [0.2, 0.25) is 11.8 Å². The van der Waals surface area contributed by atoms with Crippen molar-refractivity contribution in [2.45, 2.75) is 13.3 Å². The van der Waals surface area contributed by atoms with E-state index in [1.165, 1.54) is 13.4 Å². The quantitative estimate of drug-likeness (QED) is 0.359. The zero-order valence-corrected chi connectivity index (χ0v) is 15.0. The Hall–Kier alpha value is -3.49. The normalized spacial score (nSPS) is 11.4. The van der Waals surface area contributed by atoms with E-state index in [1.807, 2.05) is 6.92 Å². The Morgan fingerprint density at radius 1 is 1.33 bits per heavy atom. The molecule has 0 fully saturated rings. The SMILES string of the molecule is CCN/C=C(\C=N)Nc1ccc(Cc2c[nH]c3ncnc(OC)c23)c(F)n1. The number of allylic oxidation sites excluding steroid dienone is 1. The van der Waals surface area contributed by atoms with Crippen LogP contribution < -0.4 is 15.4 Å². The highest BCUT2D eigenvalue weighted by atomic mass is 19.1. The Morgan fingerprint density at radius 2 is 2.19 bits per heavy atom. The van der Waals surface area contributed by atoms with E-state index in [-0.39, 0.29) is 0 Å². The molecule has 27 heavy (non-hydrogen) atoms. The number of aromatic nitrogens is 4. The second-order valence-corrected chi connectivity index (χ2v) is 5.67. The molecule has 0 bridgehead atoms. The lowest BCUT2D eigenvalue weighted by Crippen LogP contribution is -2.11. The molecule has 0 radical (unpaired) electrons. The van der Waals surface area contributed by atoms with Crippen molar-refractivity contribution in [1.82, 2.24) is 25.3 Å². The average molecular weight is 369 g/mol. The van der Waals surface area contributed by atoms with Gasteiger partial charge < -0.3 is 25.8 Å². The maximum absolute atomic E-state index is 14.5. The number of nitrogens with zero attached hydrogens (tertiary/aromatic N) is 3. The van der Waals surface area contributed by atoms with Gasteiger partial charge in [0.1, 0.15) is 17.8 Å². The number of methoxy groups -OCH3 is 1. The molecule has 0 aliphatic rings. The van der Waals surface area contributed by atoms with Crippen molar-refractivity contribution in [2.75, 3.05) is 19.0 Å². The number of rotatable bonds is 8. The second-order valence-electron chi connectivity index (χ2n) is 5.67. The van der Waals surface area contributed by atoms with E-state index in [2.05, 4.69) is 30.6 Å². The number of anilines is 1. The molecular weight excluding hydrogens is 349 g/mol. The largest absolute Gasteiger partial charge is 0.480 e. The first kappa shape index (κ1) is 18.3. The van der Waals surface area contributed by atoms with Crippen LogP contribution in [0.2, 0.25) is 0 Å². The molecule has 0 saturated heterocycles. The molecule has 0 aliphatic carbocycles. The van der Waals surface area contributed by atoms with Gasteiger partial charge in [0.05, 0.1) is 18.2 Å². The van der Waals surface area contributed by atoms with E-state index < -0.39 is 5.95 Å². The van der Waals surface area contributed by atoms with Gasteiger partial charge in [-0.2, -0.15) is 4.39 Å². The highest BCUT2D eigenvalue weighted by molar-refractivity contribution is 5.85. The number of nitrogens with one attached hydrogen (secondary N) is 4. The van der Waals surface area contributed by atoms with Crippen LogP contribution in [-0.4, -0.2) is 39.8 Å². The lowest BCUT2D eigenvalue weighted by atomic mass is 10.1. The summed E-state index contributed by atoms with van der Waals surface area (Å²) in [5.41, 5.74) is 2.36. The molecule has 0 unspecified atom stereocenters. The molecule has 0 aliphatic heterocycles. The predicted molar refractivity (Wildman–Crippen MR) is 102 cm³/mol. The summed E-state index contributed by atoms with van der Waals surface area (Å²) in [4.78, 5) is 15.2. The summed E-state index contributed by atoms with van der Waals surface area (Å²) in [6.07, 6.45) is 6.26. The molecule has 3 aromatic heterocycles. The summed E-state index contributed by atoms with van der Waals surface area (Å²) in [6.45, 7) is 2.66. The number of fused-ring (bicyclic) bond motifs is 1. The van der Waals surface area contributed by atoms with Gasteiger partial charge in [-0.05, 0) is 18.6 Å². The summed E-state index contributed by atoms with van der Waals surface area (Å²) >= 11 is 0. The smallest absolute Gasteiger partial charge is 0.226 e. The van der Waals surface area contributed by atoms with Crippen LogP contribution in [0.4, 0.5) is 10.2 Å². The third-order valence-electron chi connectivity index (χ3n) is 3.91. The van der Waals surface area contributed by atoms with Crippen LogP contribution in [0, 0.1) is 11.4 Å². The molecule has 3 heterocycles. The lowest BCUT2D eigenvalue weighted by Gasteiger charge is -2.09. The fraction of sp³-hybridized carbons (Fsp3) is 0.222. The van der Waals surface area contributed by atoms with E-state index in [1.54, 1.807) is 24.5 Å². The molecule has 4 N–H and O–H groups in total. The standard InChI is InChI=1S/C18H20FN7O/c1-3-21-9-13(7-20)25-14-5-4-11(16(19)26-14)6-12-8-22-17-15(12)18(27-2)24-10-23-17/h4-5,7-10,20-21H,3,6H2,1-2H3,(H,25,26)(H,22,23,24)/b13-9+,20-7?. The highest BCUT2D eigenvalue weighted by Gasteiger charge is 2.14. The predicted octanol–water partition coefficient (Wildman–Crippen LogP) is 2.60. The molecule has 0 amide bonds. The van der Waals surface area contributed by atoms with Gasteiger partial charge in [-0.1, -0.05) is 6.07 Å². The molecule has 3 rings (SSSR count). The monoisotopic (exact) mass is 369 g/mol. The molecule has 0 saturated carbocycles. The number of H-pyrrole nitrogens is 1. The minimum atomic E-state index is -0.585. The first-order valence-corrected chi connectivity index (χ1v) is 8.37. The Morgan fingerprint density at radius 3 is 2.89 bits per heavy atom. The molecule has 3 aromatic rings. The third-order valence-corrected chi connectivity index (χ3v) is 3.91. The van der Waals surface area contributed by atoms with Gasteiger partial charge in [-0.3, -0.25) is 0 Å². The zero-order valence-electron chi connectivity index (χ0n) is 15.0. The molecule has 140 valence electrons. The number of pyridine rings is 1.